The Morgan fingerprint density at radius 1 is 1.31 bits per heavy atom. The van der Waals surface area contributed by atoms with Crippen LogP contribution in [0.4, 0.5) is 5.69 Å². The highest BCUT2D eigenvalue weighted by Gasteiger charge is 2.29. The Labute approximate surface area is 94.4 Å². The maximum Gasteiger partial charge on any atom is 0.324 e. The van der Waals surface area contributed by atoms with Gasteiger partial charge in [-0.05, 0) is 25.5 Å². The molecule has 0 saturated carbocycles. The molecule has 0 bridgehead atoms. The quantitative estimate of drug-likeness (QED) is 0.446. The van der Waals surface area contributed by atoms with Crippen molar-refractivity contribution in [1.29, 1.82) is 0 Å². The molecule has 1 aromatic rings. The van der Waals surface area contributed by atoms with Gasteiger partial charge in [-0.3, -0.25) is 10.1 Å². The Bertz CT molecular complexity index is 439. The molecule has 0 amide bonds. The smallest absolute Gasteiger partial charge is 0.262 e. The molecule has 0 saturated heterocycles. The van der Waals surface area contributed by atoms with E-state index in [1.165, 1.54) is 13.8 Å². The Balaban J connectivity index is 2.97. The first-order valence-electron chi connectivity index (χ1n) is 4.97. The number of hydrogen-bond acceptors (Lipinski definition) is 4. The number of rotatable bonds is 3. The van der Waals surface area contributed by atoms with Crippen LogP contribution in [0.1, 0.15) is 25.0 Å². The molecule has 0 radical (unpaired) electrons. The molecule has 86 valence electrons. The van der Waals surface area contributed by atoms with Gasteiger partial charge in [0.2, 0.25) is 0 Å². The Hall–Kier alpha value is -1.78. The lowest BCUT2D eigenvalue weighted by Gasteiger charge is -2.08. The summed E-state index contributed by atoms with van der Waals surface area (Å²) in [5.41, 5.74) is 1.38. The highest BCUT2D eigenvalue weighted by molar-refractivity contribution is 5.46. The van der Waals surface area contributed by atoms with Crippen LogP contribution in [0.25, 0.3) is 0 Å². The first-order valence-corrected chi connectivity index (χ1v) is 4.97. The fourth-order valence-corrected chi connectivity index (χ4v) is 1.13. The highest BCUT2D eigenvalue weighted by atomic mass is 16.6. The van der Waals surface area contributed by atoms with E-state index >= 15 is 0 Å². The zero-order valence-electron chi connectivity index (χ0n) is 9.89. The predicted octanol–water partition coefficient (Wildman–Crippen LogP) is 3.40. The summed E-state index contributed by atoms with van der Waals surface area (Å²) >= 11 is 0. The van der Waals surface area contributed by atoms with Gasteiger partial charge >= 0.3 is 5.66 Å². The topological polar surface area (TPSA) is 67.9 Å². The van der Waals surface area contributed by atoms with Gasteiger partial charge < -0.3 is 0 Å². The first kappa shape index (κ1) is 12.3. The van der Waals surface area contributed by atoms with Crippen molar-refractivity contribution < 1.29 is 4.92 Å². The van der Waals surface area contributed by atoms with Crippen LogP contribution in [0, 0.1) is 24.0 Å². The molecular weight excluding hydrogens is 206 g/mol. The van der Waals surface area contributed by atoms with Crippen molar-refractivity contribution >= 4 is 5.69 Å². The van der Waals surface area contributed by atoms with Gasteiger partial charge in [-0.1, -0.05) is 17.7 Å². The van der Waals surface area contributed by atoms with Crippen molar-refractivity contribution in [3.8, 4) is 0 Å². The summed E-state index contributed by atoms with van der Waals surface area (Å²) in [6.45, 7) is 6.72. The molecular formula is C11H15N3O2. The second-order valence-electron chi connectivity index (χ2n) is 4.24. The van der Waals surface area contributed by atoms with Crippen LogP contribution in [0.5, 0.6) is 0 Å². The van der Waals surface area contributed by atoms with E-state index in [1.54, 1.807) is 0 Å². The third-order valence-electron chi connectivity index (χ3n) is 2.20. The maximum atomic E-state index is 10.6. The zero-order valence-corrected chi connectivity index (χ0v) is 9.89. The molecule has 1 rings (SSSR count). The number of nitro groups is 1. The predicted molar refractivity (Wildman–Crippen MR) is 61.5 cm³/mol. The molecule has 0 fully saturated rings. The zero-order chi connectivity index (χ0) is 12.3. The van der Waals surface area contributed by atoms with Gasteiger partial charge in [-0.15, -0.1) is 10.2 Å². The first-order chi connectivity index (χ1) is 7.33. The van der Waals surface area contributed by atoms with Gasteiger partial charge in [0.25, 0.3) is 0 Å². The average molecular weight is 221 g/mol. The summed E-state index contributed by atoms with van der Waals surface area (Å²) < 4.78 is 0. The summed E-state index contributed by atoms with van der Waals surface area (Å²) in [7, 11) is 0. The molecule has 5 heteroatoms. The van der Waals surface area contributed by atoms with E-state index in [1.807, 2.05) is 32.0 Å². The summed E-state index contributed by atoms with van der Waals surface area (Å²) in [6, 6.07) is 5.68. The summed E-state index contributed by atoms with van der Waals surface area (Å²) in [6.07, 6.45) is 0. The average Bonchev–Trinajstić information content (AvgIpc) is 2.16. The van der Waals surface area contributed by atoms with E-state index in [-0.39, 0.29) is 0 Å². The van der Waals surface area contributed by atoms with Crippen molar-refractivity contribution in [2.24, 2.45) is 10.2 Å². The van der Waals surface area contributed by atoms with Crippen LogP contribution >= 0.6 is 0 Å². The monoisotopic (exact) mass is 221 g/mol. The van der Waals surface area contributed by atoms with E-state index in [0.717, 1.165) is 11.1 Å². The van der Waals surface area contributed by atoms with Gasteiger partial charge in [0.1, 0.15) is 0 Å². The summed E-state index contributed by atoms with van der Waals surface area (Å²) in [5, 5.41) is 18.3. The van der Waals surface area contributed by atoms with Crippen LogP contribution in [-0.4, -0.2) is 10.6 Å². The number of aryl methyl sites for hydroxylation is 2. The van der Waals surface area contributed by atoms with Gasteiger partial charge in [0, 0.05) is 13.8 Å². The minimum Gasteiger partial charge on any atom is -0.262 e. The minimum absolute atomic E-state index is 0.458. The highest BCUT2D eigenvalue weighted by Crippen LogP contribution is 2.22. The number of hydrogen-bond donors (Lipinski definition) is 0. The molecule has 0 N–H and O–H groups in total. The maximum absolute atomic E-state index is 10.6. The lowest BCUT2D eigenvalue weighted by molar-refractivity contribution is -0.559. The van der Waals surface area contributed by atoms with Crippen LogP contribution in [0.2, 0.25) is 0 Å². The van der Waals surface area contributed by atoms with Crippen LogP contribution in [-0.2, 0) is 0 Å². The van der Waals surface area contributed by atoms with Crippen molar-refractivity contribution in [1.82, 2.24) is 0 Å². The second kappa shape index (κ2) is 4.38. The SMILES string of the molecule is Cc1ccc(N=NC(C)(C)[N+](=O)[O-])c(C)c1. The van der Waals surface area contributed by atoms with Gasteiger partial charge in [0.05, 0.1) is 10.6 Å². The fraction of sp³-hybridized carbons (Fsp3) is 0.455. The molecule has 5 nitrogen and oxygen atoms in total. The normalized spacial score (nSPS) is 12.0. The lowest BCUT2D eigenvalue weighted by Crippen LogP contribution is -2.27. The molecule has 0 spiro atoms. The van der Waals surface area contributed by atoms with E-state index in [0.29, 0.717) is 5.69 Å². The Morgan fingerprint density at radius 3 is 2.44 bits per heavy atom. The lowest BCUT2D eigenvalue weighted by atomic mass is 10.1. The van der Waals surface area contributed by atoms with Crippen molar-refractivity contribution in [3.63, 3.8) is 0 Å². The molecule has 0 aliphatic heterocycles. The molecule has 0 aromatic heterocycles. The molecule has 16 heavy (non-hydrogen) atoms. The van der Waals surface area contributed by atoms with Gasteiger partial charge in [0.15, 0.2) is 0 Å². The molecule has 0 heterocycles. The molecule has 1 aromatic carbocycles. The fourth-order valence-electron chi connectivity index (χ4n) is 1.13. The van der Waals surface area contributed by atoms with Gasteiger partial charge in [-0.2, -0.15) is 0 Å². The number of benzene rings is 1. The van der Waals surface area contributed by atoms with Crippen LogP contribution < -0.4 is 0 Å². The molecule has 0 aliphatic carbocycles. The number of nitrogens with zero attached hydrogens (tertiary/aromatic N) is 3. The minimum atomic E-state index is -1.38. The van der Waals surface area contributed by atoms with Crippen LogP contribution in [0.3, 0.4) is 0 Å². The van der Waals surface area contributed by atoms with Crippen molar-refractivity contribution in [2.75, 3.05) is 0 Å². The van der Waals surface area contributed by atoms with E-state index in [9.17, 15) is 10.1 Å². The third-order valence-corrected chi connectivity index (χ3v) is 2.20. The van der Waals surface area contributed by atoms with Crippen LogP contribution in [0.15, 0.2) is 28.4 Å². The van der Waals surface area contributed by atoms with Gasteiger partial charge in [-0.25, -0.2) is 0 Å². The molecule has 0 atom stereocenters. The molecule has 0 unspecified atom stereocenters. The second-order valence-corrected chi connectivity index (χ2v) is 4.24. The Kier molecular flexibility index (Phi) is 3.37. The van der Waals surface area contributed by atoms with Crippen molar-refractivity contribution in [3.05, 3.63) is 39.4 Å². The molecule has 0 aliphatic rings. The van der Waals surface area contributed by atoms with Crippen molar-refractivity contribution in [2.45, 2.75) is 33.4 Å². The number of azo groups is 1. The summed E-state index contributed by atoms with van der Waals surface area (Å²) in [5.74, 6) is 0. The van der Waals surface area contributed by atoms with E-state index < -0.39 is 10.6 Å². The third kappa shape index (κ3) is 2.85. The van der Waals surface area contributed by atoms with E-state index in [2.05, 4.69) is 10.2 Å². The Morgan fingerprint density at radius 2 is 1.94 bits per heavy atom. The largest absolute Gasteiger partial charge is 0.324 e. The van der Waals surface area contributed by atoms with E-state index in [4.69, 9.17) is 0 Å². The summed E-state index contributed by atoms with van der Waals surface area (Å²) in [4.78, 5) is 10.2. The standard InChI is InChI=1S/C11H15N3O2/c1-8-5-6-10(9(2)7-8)12-13-11(3,4)14(15)16/h5-7H,1-4H3.